The van der Waals surface area contributed by atoms with Gasteiger partial charge in [-0.1, -0.05) is 0 Å². The third kappa shape index (κ3) is 4.31. The summed E-state index contributed by atoms with van der Waals surface area (Å²) in [6.45, 7) is 2.15. The van der Waals surface area contributed by atoms with Crippen LogP contribution < -0.4 is 4.74 Å². The van der Waals surface area contributed by atoms with Crippen LogP contribution in [0.25, 0.3) is 0 Å². The molecule has 5 nitrogen and oxygen atoms in total. The number of hydrogen-bond donors (Lipinski definition) is 2. The van der Waals surface area contributed by atoms with E-state index in [1.165, 1.54) is 0 Å². The van der Waals surface area contributed by atoms with E-state index in [1.54, 1.807) is 6.92 Å². The molecule has 6 heteroatoms. The number of halogens is 1. The highest BCUT2D eigenvalue weighted by Gasteiger charge is 2.14. The molecule has 2 N–H and O–H groups in total. The van der Waals surface area contributed by atoms with E-state index in [0.29, 0.717) is 6.61 Å². The van der Waals surface area contributed by atoms with Crippen molar-refractivity contribution in [1.82, 2.24) is 0 Å². The maximum atomic E-state index is 13.0. The van der Waals surface area contributed by atoms with Crippen LogP contribution >= 0.6 is 0 Å². The number of rotatable bonds is 7. The number of aliphatic hydroxyl groups is 1. The molecule has 0 aliphatic rings. The normalized spacial score (nSPS) is 12.2. The van der Waals surface area contributed by atoms with Crippen molar-refractivity contribution in [3.05, 3.63) is 29.6 Å². The lowest BCUT2D eigenvalue weighted by molar-refractivity contribution is 0.0160. The Morgan fingerprint density at radius 3 is 2.78 bits per heavy atom. The van der Waals surface area contributed by atoms with Gasteiger partial charge in [0, 0.05) is 12.7 Å². The summed E-state index contributed by atoms with van der Waals surface area (Å²) in [5.41, 5.74) is -0.153. The van der Waals surface area contributed by atoms with Crippen molar-refractivity contribution in [3.8, 4) is 5.75 Å². The lowest BCUT2D eigenvalue weighted by Crippen LogP contribution is -2.24. The second kappa shape index (κ2) is 6.93. The van der Waals surface area contributed by atoms with E-state index in [0.717, 1.165) is 18.2 Å². The first-order chi connectivity index (χ1) is 8.54. The van der Waals surface area contributed by atoms with Crippen LogP contribution in [-0.4, -0.2) is 42.1 Å². The summed E-state index contributed by atoms with van der Waals surface area (Å²) in [4.78, 5) is 10.9. The van der Waals surface area contributed by atoms with Crippen LogP contribution in [-0.2, 0) is 4.74 Å². The number of ether oxygens (including phenoxy) is 2. The van der Waals surface area contributed by atoms with Gasteiger partial charge in [-0.3, -0.25) is 0 Å². The van der Waals surface area contributed by atoms with Crippen molar-refractivity contribution in [2.75, 3.05) is 19.8 Å². The van der Waals surface area contributed by atoms with Crippen LogP contribution in [0.5, 0.6) is 5.75 Å². The summed E-state index contributed by atoms with van der Waals surface area (Å²) in [7, 11) is 0. The van der Waals surface area contributed by atoms with Crippen molar-refractivity contribution < 1.29 is 28.9 Å². The zero-order valence-electron chi connectivity index (χ0n) is 9.93. The fourth-order valence-corrected chi connectivity index (χ4v) is 1.28. The van der Waals surface area contributed by atoms with Crippen LogP contribution in [0.15, 0.2) is 18.2 Å². The lowest BCUT2D eigenvalue weighted by atomic mass is 10.2. The Morgan fingerprint density at radius 1 is 1.44 bits per heavy atom. The predicted octanol–water partition coefficient (Wildman–Crippen LogP) is 1.30. The Bertz CT molecular complexity index is 407. The molecule has 0 radical (unpaired) electrons. The van der Waals surface area contributed by atoms with Crippen LogP contribution in [0.4, 0.5) is 4.39 Å². The molecular formula is C12H15FO5. The van der Waals surface area contributed by atoms with Crippen molar-refractivity contribution in [2.24, 2.45) is 0 Å². The summed E-state index contributed by atoms with van der Waals surface area (Å²) in [5.74, 6) is -1.93. The minimum atomic E-state index is -1.22. The smallest absolute Gasteiger partial charge is 0.339 e. The Morgan fingerprint density at radius 2 is 2.17 bits per heavy atom. The maximum absolute atomic E-state index is 13.0. The van der Waals surface area contributed by atoms with Crippen LogP contribution in [0, 0.1) is 5.82 Å². The highest BCUT2D eigenvalue weighted by Crippen LogP contribution is 2.20. The standard InChI is InChI=1S/C12H15FO5/c1-2-17-6-9(14)7-18-11-5-8(13)3-4-10(11)12(15)16/h3-5,9,14H,2,6-7H2,1H3,(H,15,16). The number of carboxylic acids is 1. The number of benzene rings is 1. The maximum Gasteiger partial charge on any atom is 0.339 e. The van der Waals surface area contributed by atoms with Gasteiger partial charge in [0.2, 0.25) is 0 Å². The van der Waals surface area contributed by atoms with Gasteiger partial charge in [0.1, 0.15) is 29.8 Å². The van der Waals surface area contributed by atoms with Gasteiger partial charge in [-0.2, -0.15) is 0 Å². The fraction of sp³-hybridized carbons (Fsp3) is 0.417. The lowest BCUT2D eigenvalue weighted by Gasteiger charge is -2.13. The molecule has 0 fully saturated rings. The van der Waals surface area contributed by atoms with Crippen LogP contribution in [0.2, 0.25) is 0 Å². The molecule has 0 heterocycles. The van der Waals surface area contributed by atoms with Crippen LogP contribution in [0.1, 0.15) is 17.3 Å². The number of carboxylic acid groups (broad SMARTS) is 1. The molecule has 0 aliphatic carbocycles. The van der Waals surface area contributed by atoms with Gasteiger partial charge in [-0.05, 0) is 19.1 Å². The van der Waals surface area contributed by atoms with Crippen molar-refractivity contribution in [1.29, 1.82) is 0 Å². The van der Waals surface area contributed by atoms with Gasteiger partial charge in [-0.25, -0.2) is 9.18 Å². The number of aromatic carboxylic acids is 1. The zero-order chi connectivity index (χ0) is 13.5. The van der Waals surface area contributed by atoms with E-state index in [2.05, 4.69) is 0 Å². The Hall–Kier alpha value is -1.66. The molecule has 0 saturated heterocycles. The second-order valence-electron chi connectivity index (χ2n) is 3.57. The quantitative estimate of drug-likeness (QED) is 0.771. The largest absolute Gasteiger partial charge is 0.490 e. The Balaban J connectivity index is 2.65. The topological polar surface area (TPSA) is 76.0 Å². The average Bonchev–Trinajstić information content (AvgIpc) is 2.33. The minimum Gasteiger partial charge on any atom is -0.490 e. The first-order valence-corrected chi connectivity index (χ1v) is 5.46. The third-order valence-electron chi connectivity index (χ3n) is 2.12. The van der Waals surface area contributed by atoms with E-state index in [9.17, 15) is 14.3 Å². The first-order valence-electron chi connectivity index (χ1n) is 5.46. The molecule has 1 aromatic carbocycles. The van der Waals surface area contributed by atoms with E-state index in [-0.39, 0.29) is 24.5 Å². The highest BCUT2D eigenvalue weighted by atomic mass is 19.1. The molecule has 0 bridgehead atoms. The molecule has 18 heavy (non-hydrogen) atoms. The van der Waals surface area contributed by atoms with Gasteiger partial charge in [0.15, 0.2) is 0 Å². The second-order valence-corrected chi connectivity index (χ2v) is 3.57. The van der Waals surface area contributed by atoms with E-state index in [1.807, 2.05) is 0 Å². The number of hydrogen-bond acceptors (Lipinski definition) is 4. The zero-order valence-corrected chi connectivity index (χ0v) is 9.93. The fourth-order valence-electron chi connectivity index (χ4n) is 1.28. The molecule has 100 valence electrons. The third-order valence-corrected chi connectivity index (χ3v) is 2.12. The summed E-state index contributed by atoms with van der Waals surface area (Å²) < 4.78 is 23.0. The number of aliphatic hydroxyl groups excluding tert-OH is 1. The van der Waals surface area contributed by atoms with Crippen molar-refractivity contribution in [3.63, 3.8) is 0 Å². The molecule has 0 spiro atoms. The van der Waals surface area contributed by atoms with Crippen molar-refractivity contribution >= 4 is 5.97 Å². The Labute approximate surface area is 104 Å². The molecular weight excluding hydrogens is 243 g/mol. The minimum absolute atomic E-state index is 0.0776. The summed E-state index contributed by atoms with van der Waals surface area (Å²) in [6, 6.07) is 3.12. The summed E-state index contributed by atoms with van der Waals surface area (Å²) >= 11 is 0. The molecule has 1 rings (SSSR count). The Kier molecular flexibility index (Phi) is 5.54. The summed E-state index contributed by atoms with van der Waals surface area (Å²) in [5, 5.41) is 18.3. The molecule has 0 aromatic heterocycles. The predicted molar refractivity (Wildman–Crippen MR) is 61.4 cm³/mol. The molecule has 1 aromatic rings. The van der Waals surface area contributed by atoms with E-state index in [4.69, 9.17) is 14.6 Å². The molecule has 1 unspecified atom stereocenters. The highest BCUT2D eigenvalue weighted by molar-refractivity contribution is 5.90. The van der Waals surface area contributed by atoms with Crippen LogP contribution in [0.3, 0.4) is 0 Å². The molecule has 0 amide bonds. The average molecular weight is 258 g/mol. The van der Waals surface area contributed by atoms with Gasteiger partial charge in [-0.15, -0.1) is 0 Å². The SMILES string of the molecule is CCOCC(O)COc1cc(F)ccc1C(=O)O. The molecule has 0 saturated carbocycles. The van der Waals surface area contributed by atoms with Gasteiger partial charge in [0.25, 0.3) is 0 Å². The van der Waals surface area contributed by atoms with E-state index < -0.39 is 17.9 Å². The number of carbonyl (C=O) groups is 1. The molecule has 0 aliphatic heterocycles. The summed E-state index contributed by atoms with van der Waals surface area (Å²) in [6.07, 6.45) is -0.894. The molecule has 1 atom stereocenters. The van der Waals surface area contributed by atoms with Gasteiger partial charge < -0.3 is 19.7 Å². The van der Waals surface area contributed by atoms with Gasteiger partial charge in [0.05, 0.1) is 6.61 Å². The van der Waals surface area contributed by atoms with Gasteiger partial charge >= 0.3 is 5.97 Å². The monoisotopic (exact) mass is 258 g/mol. The van der Waals surface area contributed by atoms with Crippen molar-refractivity contribution in [2.45, 2.75) is 13.0 Å². The van der Waals surface area contributed by atoms with E-state index >= 15 is 0 Å². The first kappa shape index (κ1) is 14.4.